The third-order valence-corrected chi connectivity index (χ3v) is 1.22. The number of aliphatic hydroxyl groups is 2. The van der Waals surface area contributed by atoms with E-state index in [2.05, 4.69) is 5.32 Å². The van der Waals surface area contributed by atoms with Crippen molar-refractivity contribution in [2.75, 3.05) is 6.54 Å². The van der Waals surface area contributed by atoms with Gasteiger partial charge in [-0.1, -0.05) is 0 Å². The summed E-state index contributed by atoms with van der Waals surface area (Å²) < 4.78 is 0. The van der Waals surface area contributed by atoms with Crippen LogP contribution in [0.5, 0.6) is 0 Å². The third-order valence-electron chi connectivity index (χ3n) is 1.22. The summed E-state index contributed by atoms with van der Waals surface area (Å²) in [5.74, 6) is -2.62. The number of rotatable bonds is 6. The molecule has 0 saturated heterocycles. The van der Waals surface area contributed by atoms with Crippen LogP contribution in [0.25, 0.3) is 0 Å². The molecule has 0 fully saturated rings. The molecule has 0 saturated carbocycles. The lowest BCUT2D eigenvalue weighted by atomic mass is 10.2. The van der Waals surface area contributed by atoms with E-state index in [4.69, 9.17) is 20.4 Å². The standard InChI is InChI=1S/C6H11NO6/c8-4(9)1-3(6(12)13)7-2-5(10)11/h3,5,7,10-11H,1-2H2,(H,8,9)(H,12,13). The second-order valence-corrected chi connectivity index (χ2v) is 2.38. The summed E-state index contributed by atoms with van der Waals surface area (Å²) in [5, 5.41) is 35.6. The highest BCUT2D eigenvalue weighted by Gasteiger charge is 2.20. The fraction of sp³-hybridized carbons (Fsp3) is 0.667. The number of carboxylic acids is 2. The lowest BCUT2D eigenvalue weighted by Crippen LogP contribution is -2.42. The maximum absolute atomic E-state index is 10.4. The first kappa shape index (κ1) is 11.8. The quantitative estimate of drug-likeness (QED) is 0.303. The van der Waals surface area contributed by atoms with Crippen molar-refractivity contribution < 1.29 is 30.0 Å². The van der Waals surface area contributed by atoms with E-state index >= 15 is 0 Å². The van der Waals surface area contributed by atoms with Crippen molar-refractivity contribution in [3.05, 3.63) is 0 Å². The number of aliphatic hydroxyl groups excluding tert-OH is 1. The molecule has 0 radical (unpaired) electrons. The van der Waals surface area contributed by atoms with Crippen LogP contribution < -0.4 is 5.32 Å². The van der Waals surface area contributed by atoms with Crippen molar-refractivity contribution in [3.63, 3.8) is 0 Å². The first-order valence-electron chi connectivity index (χ1n) is 3.47. The Bertz CT molecular complexity index is 192. The first-order valence-corrected chi connectivity index (χ1v) is 3.47. The minimum atomic E-state index is -1.70. The number of hydrogen-bond acceptors (Lipinski definition) is 5. The lowest BCUT2D eigenvalue weighted by molar-refractivity contribution is -0.146. The van der Waals surface area contributed by atoms with E-state index in [9.17, 15) is 9.59 Å². The molecule has 0 aliphatic heterocycles. The molecule has 0 rings (SSSR count). The Kier molecular flexibility index (Phi) is 4.97. The number of aliphatic carboxylic acids is 2. The van der Waals surface area contributed by atoms with Crippen molar-refractivity contribution >= 4 is 11.9 Å². The van der Waals surface area contributed by atoms with E-state index in [-0.39, 0.29) is 6.54 Å². The molecule has 0 aromatic carbocycles. The minimum Gasteiger partial charge on any atom is -0.481 e. The van der Waals surface area contributed by atoms with Crippen LogP contribution in [-0.2, 0) is 9.59 Å². The third kappa shape index (κ3) is 6.02. The van der Waals surface area contributed by atoms with E-state index in [0.717, 1.165) is 0 Å². The molecule has 13 heavy (non-hydrogen) atoms. The van der Waals surface area contributed by atoms with Crippen molar-refractivity contribution in [1.82, 2.24) is 5.32 Å². The molecule has 0 spiro atoms. The Balaban J connectivity index is 3.95. The topological polar surface area (TPSA) is 127 Å². The van der Waals surface area contributed by atoms with E-state index in [1.807, 2.05) is 0 Å². The monoisotopic (exact) mass is 193 g/mol. The Hall–Kier alpha value is -1.18. The molecular formula is C6H11NO6. The SMILES string of the molecule is O=C(O)CC(NCC(O)O)C(=O)O. The Morgan fingerprint density at radius 3 is 2.08 bits per heavy atom. The van der Waals surface area contributed by atoms with E-state index in [0.29, 0.717) is 0 Å². The molecule has 7 nitrogen and oxygen atoms in total. The molecular weight excluding hydrogens is 182 g/mol. The van der Waals surface area contributed by atoms with Crippen LogP contribution in [0, 0.1) is 0 Å². The molecule has 1 unspecified atom stereocenters. The summed E-state index contributed by atoms with van der Waals surface area (Å²) in [6.45, 7) is -0.385. The van der Waals surface area contributed by atoms with Gasteiger partial charge in [-0.05, 0) is 0 Å². The summed E-state index contributed by atoms with van der Waals surface area (Å²) in [4.78, 5) is 20.5. The maximum atomic E-state index is 10.4. The van der Waals surface area contributed by atoms with Crippen LogP contribution in [0.2, 0.25) is 0 Å². The zero-order valence-corrected chi connectivity index (χ0v) is 6.67. The van der Waals surface area contributed by atoms with Gasteiger partial charge in [-0.25, -0.2) is 0 Å². The van der Waals surface area contributed by atoms with Crippen LogP contribution in [0.15, 0.2) is 0 Å². The van der Waals surface area contributed by atoms with Gasteiger partial charge in [-0.15, -0.1) is 0 Å². The number of hydrogen-bond donors (Lipinski definition) is 5. The Morgan fingerprint density at radius 2 is 1.77 bits per heavy atom. The van der Waals surface area contributed by atoms with Crippen molar-refractivity contribution in [3.8, 4) is 0 Å². The maximum Gasteiger partial charge on any atom is 0.321 e. The van der Waals surface area contributed by atoms with Crippen molar-refractivity contribution in [2.45, 2.75) is 18.8 Å². The van der Waals surface area contributed by atoms with Crippen LogP contribution in [0.4, 0.5) is 0 Å². The average molecular weight is 193 g/mol. The normalized spacial score (nSPS) is 12.8. The summed E-state index contributed by atoms with van der Waals surface area (Å²) >= 11 is 0. The predicted octanol–water partition coefficient (Wildman–Crippen LogP) is -2.19. The predicted molar refractivity (Wildman–Crippen MR) is 39.9 cm³/mol. The fourth-order valence-corrected chi connectivity index (χ4v) is 0.669. The largest absolute Gasteiger partial charge is 0.481 e. The van der Waals surface area contributed by atoms with Gasteiger partial charge in [0.25, 0.3) is 0 Å². The molecule has 0 amide bonds. The highest BCUT2D eigenvalue weighted by molar-refractivity contribution is 5.80. The average Bonchev–Trinajstić information content (AvgIpc) is 1.96. The van der Waals surface area contributed by atoms with Gasteiger partial charge in [0.2, 0.25) is 0 Å². The van der Waals surface area contributed by atoms with Gasteiger partial charge in [0.05, 0.1) is 6.42 Å². The van der Waals surface area contributed by atoms with Gasteiger partial charge in [-0.3, -0.25) is 14.9 Å². The van der Waals surface area contributed by atoms with E-state index in [1.165, 1.54) is 0 Å². The lowest BCUT2D eigenvalue weighted by Gasteiger charge is -2.12. The minimum absolute atomic E-state index is 0.385. The zero-order chi connectivity index (χ0) is 10.4. The van der Waals surface area contributed by atoms with Gasteiger partial charge in [0.1, 0.15) is 6.04 Å². The molecule has 76 valence electrons. The zero-order valence-electron chi connectivity index (χ0n) is 6.67. The van der Waals surface area contributed by atoms with Gasteiger partial charge >= 0.3 is 11.9 Å². The van der Waals surface area contributed by atoms with Crippen LogP contribution in [0.1, 0.15) is 6.42 Å². The molecule has 0 aromatic heterocycles. The molecule has 0 aliphatic rings. The van der Waals surface area contributed by atoms with Crippen LogP contribution in [0.3, 0.4) is 0 Å². The Labute approximate surface area is 73.6 Å². The number of carboxylic acid groups (broad SMARTS) is 2. The first-order chi connectivity index (χ1) is 5.93. The van der Waals surface area contributed by atoms with Gasteiger partial charge in [0, 0.05) is 6.54 Å². The summed E-state index contributed by atoms with van der Waals surface area (Å²) in [6.07, 6.45) is -2.31. The summed E-state index contributed by atoms with van der Waals surface area (Å²) in [7, 11) is 0. The molecule has 7 heteroatoms. The number of nitrogens with one attached hydrogen (secondary N) is 1. The van der Waals surface area contributed by atoms with E-state index < -0.39 is 30.7 Å². The van der Waals surface area contributed by atoms with E-state index in [1.54, 1.807) is 0 Å². The summed E-state index contributed by atoms with van der Waals surface area (Å²) in [5.41, 5.74) is 0. The molecule has 0 aromatic rings. The molecule has 1 atom stereocenters. The smallest absolute Gasteiger partial charge is 0.321 e. The summed E-state index contributed by atoms with van der Waals surface area (Å²) in [6, 6.07) is -1.31. The molecule has 5 N–H and O–H groups in total. The van der Waals surface area contributed by atoms with Crippen LogP contribution in [-0.4, -0.2) is 51.2 Å². The molecule has 0 bridgehead atoms. The number of carbonyl (C=O) groups is 2. The van der Waals surface area contributed by atoms with Crippen molar-refractivity contribution in [2.24, 2.45) is 0 Å². The van der Waals surface area contributed by atoms with Gasteiger partial charge in [0.15, 0.2) is 6.29 Å². The molecule has 0 aliphatic carbocycles. The Morgan fingerprint density at radius 1 is 1.23 bits per heavy atom. The second-order valence-electron chi connectivity index (χ2n) is 2.38. The second kappa shape index (κ2) is 5.46. The van der Waals surface area contributed by atoms with Gasteiger partial charge < -0.3 is 20.4 Å². The highest BCUT2D eigenvalue weighted by Crippen LogP contribution is 1.92. The highest BCUT2D eigenvalue weighted by atomic mass is 16.5. The van der Waals surface area contributed by atoms with Crippen LogP contribution >= 0.6 is 0 Å². The molecule has 0 heterocycles. The van der Waals surface area contributed by atoms with Gasteiger partial charge in [-0.2, -0.15) is 0 Å². The van der Waals surface area contributed by atoms with Crippen molar-refractivity contribution in [1.29, 1.82) is 0 Å². The fourth-order valence-electron chi connectivity index (χ4n) is 0.669.